The van der Waals surface area contributed by atoms with Gasteiger partial charge in [-0.2, -0.15) is 8.42 Å². The Balaban J connectivity index is 0.000000347. The molecule has 0 radical (unpaired) electrons. The molecule has 3 aliphatic rings. The van der Waals surface area contributed by atoms with Crippen molar-refractivity contribution in [3.05, 3.63) is 64.4 Å². The first-order valence-corrected chi connectivity index (χ1v) is 14.8. The van der Waals surface area contributed by atoms with E-state index in [-0.39, 0.29) is 28.3 Å². The number of Topliss-reactive ketones (excluding diaryl/α,β-unsaturated/α-hetero) is 2. The molecule has 0 unspecified atom stereocenters. The average molecular weight is 667 g/mol. The number of fused-ring (bicyclic) bond motifs is 3. The van der Waals surface area contributed by atoms with Crippen molar-refractivity contribution in [3.63, 3.8) is 0 Å². The number of aliphatic hydroxyl groups is 4. The lowest BCUT2D eigenvalue weighted by Crippen LogP contribution is -2.70. The van der Waals surface area contributed by atoms with Crippen molar-refractivity contribution >= 4 is 33.4 Å². The van der Waals surface area contributed by atoms with E-state index in [4.69, 9.17) is 15.4 Å². The molecule has 250 valence electrons. The second-order valence-electron chi connectivity index (χ2n) is 11.1. The lowest BCUT2D eigenvalue weighted by Gasteiger charge is -2.53. The van der Waals surface area contributed by atoms with E-state index in [2.05, 4.69) is 4.74 Å². The van der Waals surface area contributed by atoms with Crippen LogP contribution in [0.3, 0.4) is 0 Å². The number of para-hydroxylation sites is 1. The highest BCUT2D eigenvalue weighted by atomic mass is 32.2. The van der Waals surface area contributed by atoms with Crippen LogP contribution >= 0.6 is 0 Å². The summed E-state index contributed by atoms with van der Waals surface area (Å²) < 4.78 is 34.8. The predicted octanol–water partition coefficient (Wildman–Crippen LogP) is -0.681. The summed E-state index contributed by atoms with van der Waals surface area (Å²) in [5, 5.41) is 64.0. The number of rotatable bonds is 4. The molecule has 17 heteroatoms. The Morgan fingerprint density at radius 2 is 1.59 bits per heavy atom. The zero-order valence-electron chi connectivity index (χ0n) is 24.9. The van der Waals surface area contributed by atoms with Gasteiger partial charge in [-0.3, -0.25) is 23.8 Å². The van der Waals surface area contributed by atoms with Crippen LogP contribution in [0, 0.1) is 11.8 Å². The van der Waals surface area contributed by atoms with E-state index in [1.54, 1.807) is 19.1 Å². The Labute approximate surface area is 262 Å². The SMILES string of the molecule is COc1c(O)cccc1S(=O)(=O)O.C[C@H]1c2cccc(O)c2C(O)=C2C(=O)[C@]3(O)C(O)=C(C(N)=O)C(=O)[C@@H](N(C)C)[C@@H]3[C@@H](O)[C@@H]21.O. The van der Waals surface area contributed by atoms with Crippen LogP contribution in [0.4, 0.5) is 0 Å². The van der Waals surface area contributed by atoms with Gasteiger partial charge in [0.05, 0.1) is 30.7 Å². The van der Waals surface area contributed by atoms with E-state index in [1.165, 1.54) is 44.3 Å². The molecule has 6 atom stereocenters. The number of likely N-dealkylation sites (N-methyl/N-ethyl adjacent to an activating group) is 1. The van der Waals surface area contributed by atoms with Gasteiger partial charge >= 0.3 is 0 Å². The fraction of sp³-hybridized carbons (Fsp3) is 0.345. The first-order valence-electron chi connectivity index (χ1n) is 13.3. The van der Waals surface area contributed by atoms with Crippen LogP contribution in [0.25, 0.3) is 5.76 Å². The van der Waals surface area contributed by atoms with Crippen molar-refractivity contribution in [2.24, 2.45) is 17.6 Å². The molecule has 5 rings (SSSR count). The number of phenols is 2. The maximum Gasteiger partial charge on any atom is 0.298 e. The van der Waals surface area contributed by atoms with Crippen molar-refractivity contribution in [2.75, 3.05) is 21.2 Å². The number of nitrogens with zero attached hydrogens (tertiary/aromatic N) is 1. The van der Waals surface area contributed by atoms with Crippen LogP contribution in [0.15, 0.2) is 58.2 Å². The number of amides is 1. The lowest BCUT2D eigenvalue weighted by molar-refractivity contribution is -0.169. The van der Waals surface area contributed by atoms with E-state index in [0.717, 1.165) is 6.07 Å². The Bertz CT molecular complexity index is 1780. The number of carbonyl (C=O) groups excluding carboxylic acids is 3. The molecular weight excluding hydrogens is 632 g/mol. The van der Waals surface area contributed by atoms with Crippen LogP contribution in [0.1, 0.15) is 24.0 Å². The zero-order valence-corrected chi connectivity index (χ0v) is 25.7. The maximum absolute atomic E-state index is 13.7. The van der Waals surface area contributed by atoms with E-state index in [0.29, 0.717) is 5.56 Å². The van der Waals surface area contributed by atoms with E-state index in [9.17, 15) is 48.3 Å². The number of ketones is 2. The quantitative estimate of drug-likeness (QED) is 0.148. The van der Waals surface area contributed by atoms with Crippen molar-refractivity contribution in [1.29, 1.82) is 0 Å². The minimum Gasteiger partial charge on any atom is -0.508 e. The van der Waals surface area contributed by atoms with Crippen molar-refractivity contribution in [1.82, 2.24) is 4.90 Å². The average Bonchev–Trinajstić information content (AvgIpc) is 2.94. The first kappa shape index (κ1) is 36.0. The third-order valence-electron chi connectivity index (χ3n) is 8.43. The van der Waals surface area contributed by atoms with Crippen molar-refractivity contribution in [3.8, 4) is 17.2 Å². The highest BCUT2D eigenvalue weighted by Crippen LogP contribution is 2.56. The molecule has 0 spiro atoms. The third kappa shape index (κ3) is 5.25. The lowest BCUT2D eigenvalue weighted by atomic mass is 9.54. The van der Waals surface area contributed by atoms with Gasteiger partial charge in [0.2, 0.25) is 5.78 Å². The van der Waals surface area contributed by atoms with Gasteiger partial charge in [-0.25, -0.2) is 0 Å². The van der Waals surface area contributed by atoms with E-state index in [1.807, 2.05) is 0 Å². The first-order chi connectivity index (χ1) is 20.8. The molecule has 3 aliphatic carbocycles. The molecule has 0 aromatic heterocycles. The molecule has 0 bridgehead atoms. The molecule has 0 aliphatic heterocycles. The number of ether oxygens (including phenoxy) is 1. The standard InChI is InChI=1S/C22H24N2O8.C7H8O5S.H2O/c1-7-8-5-4-6-9(25)11(8)16(26)12-10(7)17(27)14-15(24(2)3)18(28)13(21(23)31)20(30)22(14,32)19(12)29;1-12-7-5(8)3-2-4-6(7)13(9,10)11;/h4-7,10,14-15,17,25-27,30,32H,1-3H3,(H2,23,31);2-4,8H,1H3,(H,9,10,11);1H2/t7-,10+,14+,15-,17-,22-;;/m0../s1. The Kier molecular flexibility index (Phi) is 9.65. The van der Waals surface area contributed by atoms with E-state index >= 15 is 0 Å². The van der Waals surface area contributed by atoms with Crippen molar-refractivity contribution < 1.29 is 68.2 Å². The molecule has 0 saturated heterocycles. The fourth-order valence-electron chi connectivity index (χ4n) is 6.49. The van der Waals surface area contributed by atoms with Crippen LogP contribution in [0.2, 0.25) is 0 Å². The number of methoxy groups -OCH3 is 1. The topological polar surface area (TPSA) is 297 Å². The zero-order chi connectivity index (χ0) is 33.9. The normalized spacial score (nSPS) is 27.1. The summed E-state index contributed by atoms with van der Waals surface area (Å²) in [5.41, 5.74) is 1.47. The third-order valence-corrected chi connectivity index (χ3v) is 9.31. The summed E-state index contributed by atoms with van der Waals surface area (Å²) in [4.78, 5) is 39.5. The number of nitrogens with two attached hydrogens (primary N) is 1. The summed E-state index contributed by atoms with van der Waals surface area (Å²) in [6, 6.07) is 6.81. The number of carbonyl (C=O) groups is 3. The highest BCUT2D eigenvalue weighted by Gasteiger charge is 2.68. The Hall–Kier alpha value is -4.52. The molecule has 46 heavy (non-hydrogen) atoms. The minimum atomic E-state index is -4.35. The molecule has 2 aromatic carbocycles. The number of hydrogen-bond acceptors (Lipinski definition) is 13. The summed E-state index contributed by atoms with van der Waals surface area (Å²) in [5.74, 6) is -9.46. The summed E-state index contributed by atoms with van der Waals surface area (Å²) in [6.07, 6.45) is -1.59. The van der Waals surface area contributed by atoms with Crippen LogP contribution in [-0.4, -0.2) is 110 Å². The monoisotopic (exact) mass is 666 g/mol. The van der Waals surface area contributed by atoms with Gasteiger partial charge in [0.15, 0.2) is 22.9 Å². The van der Waals surface area contributed by atoms with Gasteiger partial charge in [0.25, 0.3) is 16.0 Å². The second-order valence-corrected chi connectivity index (χ2v) is 12.5. The highest BCUT2D eigenvalue weighted by molar-refractivity contribution is 7.86. The summed E-state index contributed by atoms with van der Waals surface area (Å²) in [6.45, 7) is 1.68. The number of benzene rings is 2. The molecule has 11 N–H and O–H groups in total. The number of hydrogen-bond donors (Lipinski definition) is 8. The van der Waals surface area contributed by atoms with Crippen LogP contribution in [0.5, 0.6) is 17.2 Å². The summed E-state index contributed by atoms with van der Waals surface area (Å²) >= 11 is 0. The van der Waals surface area contributed by atoms with Crippen molar-refractivity contribution in [2.45, 2.75) is 35.5 Å². The number of phenolic OH excluding ortho intramolecular Hbond substituents is 2. The summed E-state index contributed by atoms with van der Waals surface area (Å²) in [7, 11) is -0.235. The van der Waals surface area contributed by atoms with Gasteiger partial charge < -0.3 is 46.6 Å². The molecule has 2 aromatic rings. The van der Waals surface area contributed by atoms with Gasteiger partial charge in [-0.05, 0) is 43.8 Å². The molecular formula is C29H34N2O14S. The molecule has 1 amide bonds. The number of aliphatic hydroxyl groups excluding tert-OH is 3. The van der Waals surface area contributed by atoms with Gasteiger partial charge in [0, 0.05) is 11.5 Å². The molecule has 1 fully saturated rings. The van der Waals surface area contributed by atoms with Gasteiger partial charge in [-0.15, -0.1) is 0 Å². The minimum absolute atomic E-state index is 0. The smallest absolute Gasteiger partial charge is 0.298 e. The molecule has 16 nitrogen and oxygen atoms in total. The predicted molar refractivity (Wildman–Crippen MR) is 158 cm³/mol. The largest absolute Gasteiger partial charge is 0.508 e. The fourth-order valence-corrected chi connectivity index (χ4v) is 7.16. The van der Waals surface area contributed by atoms with Gasteiger partial charge in [-0.1, -0.05) is 25.1 Å². The second kappa shape index (κ2) is 12.3. The van der Waals surface area contributed by atoms with Crippen LogP contribution in [-0.2, 0) is 24.5 Å². The maximum atomic E-state index is 13.7. The Morgan fingerprint density at radius 1 is 1.02 bits per heavy atom. The molecule has 1 saturated carbocycles. The Morgan fingerprint density at radius 3 is 2.09 bits per heavy atom. The molecule has 0 heterocycles. The van der Waals surface area contributed by atoms with Gasteiger partial charge in [0.1, 0.15) is 27.7 Å². The number of aromatic hydroxyl groups is 2. The van der Waals surface area contributed by atoms with E-state index < -0.39 is 90.7 Å². The number of primary amides is 1. The van der Waals surface area contributed by atoms with Crippen LogP contribution < -0.4 is 10.5 Å².